The minimum Gasteiger partial charge on any atom is -0.457 e. The van der Waals surface area contributed by atoms with Crippen LogP contribution in [0.5, 0.6) is 0 Å². The summed E-state index contributed by atoms with van der Waals surface area (Å²) < 4.78 is 50.7. The van der Waals surface area contributed by atoms with Gasteiger partial charge in [-0.3, -0.25) is 14.5 Å². The third kappa shape index (κ3) is 7.97. The molecule has 40 heavy (non-hydrogen) atoms. The Morgan fingerprint density at radius 3 is 2.48 bits per heavy atom. The molecule has 3 aromatic rings. The van der Waals surface area contributed by atoms with Gasteiger partial charge in [0.25, 0.3) is 11.8 Å². The van der Waals surface area contributed by atoms with E-state index in [4.69, 9.17) is 20.8 Å². The largest absolute Gasteiger partial charge is 0.457 e. The number of halogens is 4. The monoisotopic (exact) mass is 575 g/mol. The lowest BCUT2D eigenvalue weighted by atomic mass is 10.1. The van der Waals surface area contributed by atoms with Crippen LogP contribution < -0.4 is 10.6 Å². The summed E-state index contributed by atoms with van der Waals surface area (Å²) in [5.41, 5.74) is 0.430. The van der Waals surface area contributed by atoms with E-state index in [0.29, 0.717) is 31.7 Å². The molecule has 11 heteroatoms. The van der Waals surface area contributed by atoms with Crippen LogP contribution in [0.25, 0.3) is 17.4 Å². The molecule has 1 fully saturated rings. The van der Waals surface area contributed by atoms with Crippen LogP contribution in [0.4, 0.5) is 13.2 Å². The number of morpholine rings is 1. The number of benzene rings is 2. The average molecular weight is 576 g/mol. The number of ether oxygens (including phenoxy) is 1. The van der Waals surface area contributed by atoms with Gasteiger partial charge in [-0.2, -0.15) is 13.2 Å². The normalized spacial score (nSPS) is 14.7. The number of carbonyl (C=O) groups is 2. The van der Waals surface area contributed by atoms with Crippen LogP contribution in [0.15, 0.2) is 64.7 Å². The molecule has 2 heterocycles. The van der Waals surface area contributed by atoms with E-state index in [1.54, 1.807) is 24.3 Å². The topological polar surface area (TPSA) is 83.8 Å². The molecular weight excluding hydrogens is 547 g/mol. The quantitative estimate of drug-likeness (QED) is 0.259. The summed E-state index contributed by atoms with van der Waals surface area (Å²) in [5.74, 6) is -0.802. The number of aryl methyl sites for hydroxylation is 1. The van der Waals surface area contributed by atoms with Gasteiger partial charge in [-0.25, -0.2) is 0 Å². The van der Waals surface area contributed by atoms with Crippen molar-refractivity contribution in [2.75, 3.05) is 39.4 Å². The van der Waals surface area contributed by atoms with Crippen molar-refractivity contribution in [3.05, 3.63) is 87.8 Å². The first-order valence-corrected chi connectivity index (χ1v) is 13.1. The van der Waals surface area contributed by atoms with Gasteiger partial charge in [-0.1, -0.05) is 29.3 Å². The molecular formula is C29H29ClF3N3O4. The fraction of sp³-hybridized carbons (Fsp3) is 0.310. The number of carbonyl (C=O) groups excluding carboxylic acids is 2. The average Bonchev–Trinajstić information content (AvgIpc) is 3.39. The molecule has 1 aromatic heterocycles. The van der Waals surface area contributed by atoms with Gasteiger partial charge in [0.05, 0.1) is 23.8 Å². The minimum absolute atomic E-state index is 0.0500. The number of furan rings is 1. The highest BCUT2D eigenvalue weighted by molar-refractivity contribution is 6.33. The van der Waals surface area contributed by atoms with E-state index in [1.807, 2.05) is 6.92 Å². The molecule has 0 aliphatic carbocycles. The summed E-state index contributed by atoms with van der Waals surface area (Å²) in [7, 11) is 0. The number of amides is 2. The van der Waals surface area contributed by atoms with Crippen LogP contribution in [-0.2, 0) is 15.7 Å². The van der Waals surface area contributed by atoms with E-state index in [0.717, 1.165) is 43.4 Å². The number of alkyl halides is 3. The van der Waals surface area contributed by atoms with Gasteiger partial charge in [0, 0.05) is 36.8 Å². The molecule has 2 amide bonds. The lowest BCUT2D eigenvalue weighted by molar-refractivity contribution is -0.137. The molecule has 0 bridgehead atoms. The zero-order valence-corrected chi connectivity index (χ0v) is 22.6. The Labute approximate surface area is 234 Å². The lowest BCUT2D eigenvalue weighted by Gasteiger charge is -2.26. The van der Waals surface area contributed by atoms with E-state index >= 15 is 0 Å². The van der Waals surface area contributed by atoms with Crippen molar-refractivity contribution in [3.8, 4) is 11.3 Å². The molecule has 1 aliphatic rings. The lowest BCUT2D eigenvalue weighted by Crippen LogP contribution is -2.39. The third-order valence-corrected chi connectivity index (χ3v) is 6.65. The molecule has 1 saturated heterocycles. The first kappa shape index (κ1) is 29.4. The van der Waals surface area contributed by atoms with Crippen LogP contribution in [0, 0.1) is 6.92 Å². The summed E-state index contributed by atoms with van der Waals surface area (Å²) in [5, 5.41) is 5.51. The van der Waals surface area contributed by atoms with Crippen molar-refractivity contribution in [1.29, 1.82) is 0 Å². The Bertz CT molecular complexity index is 1360. The van der Waals surface area contributed by atoms with E-state index in [-0.39, 0.29) is 27.8 Å². The molecule has 1 aliphatic heterocycles. The standard InChI is InChI=1S/C29H29ClF3N3O4/c1-19-3-5-20(6-4-19)27(37)35-25(28(38)34-11-2-12-36-13-15-39-16-14-36)18-22-8-10-26(40-22)23-17-21(29(31,32)33)7-9-24(23)30/h3-10,17-18H,2,11-16H2,1H3,(H,34,38)(H,35,37). The maximum absolute atomic E-state index is 13.2. The van der Waals surface area contributed by atoms with Gasteiger partial charge in [0.15, 0.2) is 0 Å². The fourth-order valence-corrected chi connectivity index (χ4v) is 4.30. The van der Waals surface area contributed by atoms with Crippen molar-refractivity contribution in [1.82, 2.24) is 15.5 Å². The number of rotatable bonds is 9. The van der Waals surface area contributed by atoms with Crippen LogP contribution in [-0.4, -0.2) is 56.1 Å². The Hall–Kier alpha value is -3.60. The third-order valence-electron chi connectivity index (χ3n) is 6.32. The van der Waals surface area contributed by atoms with Gasteiger partial charge in [0.2, 0.25) is 0 Å². The maximum atomic E-state index is 13.2. The summed E-state index contributed by atoms with van der Waals surface area (Å²) in [6.07, 6.45) is -2.53. The molecule has 0 saturated carbocycles. The summed E-state index contributed by atoms with van der Waals surface area (Å²) in [6.45, 7) is 6.09. The van der Waals surface area contributed by atoms with Crippen molar-refractivity contribution < 1.29 is 31.9 Å². The number of hydrogen-bond acceptors (Lipinski definition) is 5. The molecule has 2 N–H and O–H groups in total. The van der Waals surface area contributed by atoms with Crippen LogP contribution >= 0.6 is 11.6 Å². The highest BCUT2D eigenvalue weighted by Crippen LogP contribution is 2.36. The van der Waals surface area contributed by atoms with Crippen LogP contribution in [0.1, 0.15) is 33.7 Å². The highest BCUT2D eigenvalue weighted by atomic mass is 35.5. The summed E-state index contributed by atoms with van der Waals surface area (Å²) in [4.78, 5) is 28.2. The van der Waals surface area contributed by atoms with Gasteiger partial charge >= 0.3 is 6.18 Å². The highest BCUT2D eigenvalue weighted by Gasteiger charge is 2.31. The van der Waals surface area contributed by atoms with Gasteiger partial charge < -0.3 is 19.8 Å². The smallest absolute Gasteiger partial charge is 0.416 e. The first-order chi connectivity index (χ1) is 19.1. The molecule has 0 atom stereocenters. The number of nitrogens with one attached hydrogen (secondary N) is 2. The zero-order valence-electron chi connectivity index (χ0n) is 21.8. The summed E-state index contributed by atoms with van der Waals surface area (Å²) in [6, 6.07) is 12.7. The Kier molecular flexibility index (Phi) is 9.67. The molecule has 4 rings (SSSR count). The van der Waals surface area contributed by atoms with E-state index in [9.17, 15) is 22.8 Å². The molecule has 0 radical (unpaired) electrons. The second kappa shape index (κ2) is 13.2. The minimum atomic E-state index is -4.55. The van der Waals surface area contributed by atoms with Crippen molar-refractivity contribution >= 4 is 29.5 Å². The second-order valence-electron chi connectivity index (χ2n) is 9.34. The van der Waals surface area contributed by atoms with Crippen molar-refractivity contribution in [2.45, 2.75) is 19.5 Å². The molecule has 0 spiro atoms. The maximum Gasteiger partial charge on any atom is 0.416 e. The number of nitrogens with zero attached hydrogens (tertiary/aromatic N) is 1. The fourth-order valence-electron chi connectivity index (χ4n) is 4.09. The van der Waals surface area contributed by atoms with E-state index in [1.165, 1.54) is 18.2 Å². The van der Waals surface area contributed by atoms with E-state index in [2.05, 4.69) is 15.5 Å². The molecule has 2 aromatic carbocycles. The molecule has 0 unspecified atom stereocenters. The van der Waals surface area contributed by atoms with E-state index < -0.39 is 23.6 Å². The van der Waals surface area contributed by atoms with Crippen molar-refractivity contribution in [3.63, 3.8) is 0 Å². The van der Waals surface area contributed by atoms with Crippen LogP contribution in [0.3, 0.4) is 0 Å². The van der Waals surface area contributed by atoms with Gasteiger partial charge in [0.1, 0.15) is 17.2 Å². The summed E-state index contributed by atoms with van der Waals surface area (Å²) >= 11 is 6.15. The molecule has 7 nitrogen and oxygen atoms in total. The zero-order chi connectivity index (χ0) is 28.7. The first-order valence-electron chi connectivity index (χ1n) is 12.7. The second-order valence-corrected chi connectivity index (χ2v) is 9.74. The SMILES string of the molecule is Cc1ccc(C(=O)NC(=Cc2ccc(-c3cc(C(F)(F)F)ccc3Cl)o2)C(=O)NCCCN2CCOCC2)cc1. The molecule has 212 valence electrons. The predicted molar refractivity (Wildman–Crippen MR) is 146 cm³/mol. The number of hydrogen-bond donors (Lipinski definition) is 2. The predicted octanol–water partition coefficient (Wildman–Crippen LogP) is 5.54. The Morgan fingerprint density at radius 1 is 1.05 bits per heavy atom. The Balaban J connectivity index is 1.52. The Morgan fingerprint density at radius 2 is 1.77 bits per heavy atom. The van der Waals surface area contributed by atoms with Gasteiger partial charge in [-0.15, -0.1) is 0 Å². The van der Waals surface area contributed by atoms with Crippen LogP contribution in [0.2, 0.25) is 5.02 Å². The van der Waals surface area contributed by atoms with Gasteiger partial charge in [-0.05, 0) is 62.4 Å². The van der Waals surface area contributed by atoms with Crippen molar-refractivity contribution in [2.24, 2.45) is 0 Å².